The maximum atomic E-state index is 3.92. The van der Waals surface area contributed by atoms with E-state index in [-0.39, 0.29) is 0 Å². The Kier molecular flexibility index (Phi) is 1.19. The van der Waals surface area contributed by atoms with Crippen LogP contribution < -0.4 is 10.6 Å². The average Bonchev–Trinajstić information content (AvgIpc) is 2.16. The van der Waals surface area contributed by atoms with Gasteiger partial charge < -0.3 is 10.6 Å². The van der Waals surface area contributed by atoms with E-state index in [2.05, 4.69) is 24.5 Å². The molecule has 7 aliphatic rings. The Balaban J connectivity index is 1.90. The molecule has 78 valence electrons. The van der Waals surface area contributed by atoms with Crippen molar-refractivity contribution in [1.82, 2.24) is 10.6 Å². The summed E-state index contributed by atoms with van der Waals surface area (Å²) in [4.78, 5) is 0. The topological polar surface area (TPSA) is 24.1 Å². The zero-order valence-corrected chi connectivity index (χ0v) is 9.14. The molecule has 5 aliphatic heterocycles. The second kappa shape index (κ2) is 2.05. The normalized spacial score (nSPS) is 69.0. The van der Waals surface area contributed by atoms with Crippen molar-refractivity contribution in [1.29, 1.82) is 0 Å². The van der Waals surface area contributed by atoms with Gasteiger partial charge in [0, 0.05) is 24.7 Å². The monoisotopic (exact) mass is 192 g/mol. The molecule has 6 bridgehead atoms. The summed E-state index contributed by atoms with van der Waals surface area (Å²) >= 11 is 0. The summed E-state index contributed by atoms with van der Waals surface area (Å²) < 4.78 is 0. The van der Waals surface area contributed by atoms with Crippen molar-refractivity contribution in [2.24, 2.45) is 16.7 Å². The molecule has 14 heavy (non-hydrogen) atoms. The number of piperidine rings is 5. The minimum absolute atomic E-state index is 0.547. The van der Waals surface area contributed by atoms with Crippen LogP contribution in [0.4, 0.5) is 0 Å². The second-order valence-corrected chi connectivity index (χ2v) is 6.63. The summed E-state index contributed by atoms with van der Waals surface area (Å²) in [6.45, 7) is 6.25. The lowest BCUT2D eigenvalue weighted by Crippen LogP contribution is -2.84. The van der Waals surface area contributed by atoms with Crippen molar-refractivity contribution < 1.29 is 0 Å². The van der Waals surface area contributed by atoms with Crippen molar-refractivity contribution >= 4 is 0 Å². The van der Waals surface area contributed by atoms with Crippen LogP contribution in [0.25, 0.3) is 0 Å². The van der Waals surface area contributed by atoms with E-state index in [1.54, 1.807) is 0 Å². The molecule has 2 saturated carbocycles. The Hall–Kier alpha value is -0.0800. The standard InChI is InChI=1S/C12H20N2/c1-11-5-7-8-3-4-12(2,10(11)14-8)9(7)13-6-11/h7-10,13-14H,3-6H2,1-2H3/t7-,8-,9-,10-,11?,12+/m1/s1. The van der Waals surface area contributed by atoms with E-state index >= 15 is 0 Å². The Labute approximate surface area is 85.8 Å². The average molecular weight is 192 g/mol. The summed E-state index contributed by atoms with van der Waals surface area (Å²) in [5.41, 5.74) is 1.11. The zero-order chi connectivity index (χ0) is 9.55. The third-order valence-electron chi connectivity index (χ3n) is 5.81. The first-order chi connectivity index (χ1) is 6.63. The van der Waals surface area contributed by atoms with E-state index in [0.29, 0.717) is 10.8 Å². The molecule has 0 aromatic heterocycles. The van der Waals surface area contributed by atoms with E-state index in [9.17, 15) is 0 Å². The van der Waals surface area contributed by atoms with E-state index in [1.165, 1.54) is 25.8 Å². The number of hydrogen-bond acceptors (Lipinski definition) is 2. The summed E-state index contributed by atoms with van der Waals surface area (Å²) in [6.07, 6.45) is 4.34. The number of fused-ring (bicyclic) bond motifs is 2. The van der Waals surface area contributed by atoms with Crippen LogP contribution in [-0.2, 0) is 0 Å². The van der Waals surface area contributed by atoms with E-state index in [0.717, 1.165) is 24.0 Å². The Bertz CT molecular complexity index is 303. The van der Waals surface area contributed by atoms with Crippen LogP contribution in [0.1, 0.15) is 33.1 Å². The predicted molar refractivity (Wildman–Crippen MR) is 56.1 cm³/mol. The minimum Gasteiger partial charge on any atom is -0.312 e. The summed E-state index contributed by atoms with van der Waals surface area (Å²) in [7, 11) is 0. The molecule has 2 nitrogen and oxygen atoms in total. The molecule has 0 aromatic carbocycles. The lowest BCUT2D eigenvalue weighted by molar-refractivity contribution is -0.174. The van der Waals surface area contributed by atoms with Crippen molar-refractivity contribution in [3.63, 3.8) is 0 Å². The number of rotatable bonds is 0. The summed E-state index contributed by atoms with van der Waals surface area (Å²) in [6, 6.07) is 2.46. The van der Waals surface area contributed by atoms with Gasteiger partial charge in [0.2, 0.25) is 0 Å². The molecule has 6 atom stereocenters. The Morgan fingerprint density at radius 3 is 2.86 bits per heavy atom. The maximum absolute atomic E-state index is 3.92. The summed E-state index contributed by atoms with van der Waals surface area (Å²) in [5, 5.41) is 7.75. The maximum Gasteiger partial charge on any atom is 0.0205 e. The molecule has 2 heteroatoms. The first kappa shape index (κ1) is 8.12. The number of nitrogens with one attached hydrogen (secondary N) is 2. The van der Waals surface area contributed by atoms with Crippen LogP contribution in [0.3, 0.4) is 0 Å². The Morgan fingerprint density at radius 1 is 1.29 bits per heavy atom. The molecule has 0 radical (unpaired) electrons. The van der Waals surface area contributed by atoms with Crippen LogP contribution in [0, 0.1) is 16.7 Å². The van der Waals surface area contributed by atoms with E-state index < -0.39 is 0 Å². The van der Waals surface area contributed by atoms with Gasteiger partial charge in [-0.1, -0.05) is 13.8 Å². The molecule has 1 unspecified atom stereocenters. The minimum atomic E-state index is 0.547. The van der Waals surface area contributed by atoms with Crippen molar-refractivity contribution in [3.8, 4) is 0 Å². The highest BCUT2D eigenvalue weighted by Gasteiger charge is 2.68. The van der Waals surface area contributed by atoms with Gasteiger partial charge in [-0.05, 0) is 36.0 Å². The first-order valence-electron chi connectivity index (χ1n) is 6.13. The smallest absolute Gasteiger partial charge is 0.0205 e. The highest BCUT2D eigenvalue weighted by Crippen LogP contribution is 2.62. The molecule has 2 aliphatic carbocycles. The quantitative estimate of drug-likeness (QED) is 0.601. The van der Waals surface area contributed by atoms with Gasteiger partial charge in [0.1, 0.15) is 0 Å². The molecule has 5 saturated heterocycles. The summed E-state index contributed by atoms with van der Waals surface area (Å²) in [5.74, 6) is 0.928. The highest BCUT2D eigenvalue weighted by molar-refractivity contribution is 5.24. The van der Waals surface area contributed by atoms with E-state index in [4.69, 9.17) is 0 Å². The van der Waals surface area contributed by atoms with Crippen LogP contribution in [-0.4, -0.2) is 24.7 Å². The fraction of sp³-hybridized carbons (Fsp3) is 1.00. The zero-order valence-electron chi connectivity index (χ0n) is 9.14. The van der Waals surface area contributed by atoms with Gasteiger partial charge in [-0.2, -0.15) is 0 Å². The fourth-order valence-electron chi connectivity index (χ4n) is 5.31. The van der Waals surface area contributed by atoms with Gasteiger partial charge in [-0.25, -0.2) is 0 Å². The molecular weight excluding hydrogens is 172 g/mol. The Morgan fingerprint density at radius 2 is 2.14 bits per heavy atom. The van der Waals surface area contributed by atoms with Gasteiger partial charge in [0.05, 0.1) is 0 Å². The molecule has 2 N–H and O–H groups in total. The third kappa shape index (κ3) is 0.646. The van der Waals surface area contributed by atoms with Gasteiger partial charge in [-0.15, -0.1) is 0 Å². The van der Waals surface area contributed by atoms with Gasteiger partial charge in [-0.3, -0.25) is 0 Å². The second-order valence-electron chi connectivity index (χ2n) is 6.63. The molecule has 7 fully saturated rings. The lowest BCUT2D eigenvalue weighted by atomic mass is 9.42. The predicted octanol–water partition coefficient (Wildman–Crippen LogP) is 1.12. The lowest BCUT2D eigenvalue weighted by Gasteiger charge is -2.73. The van der Waals surface area contributed by atoms with Crippen molar-refractivity contribution in [3.05, 3.63) is 0 Å². The van der Waals surface area contributed by atoms with E-state index in [1.807, 2.05) is 0 Å². The molecular formula is C12H20N2. The van der Waals surface area contributed by atoms with Crippen molar-refractivity contribution in [2.75, 3.05) is 6.54 Å². The molecule has 0 aromatic rings. The van der Waals surface area contributed by atoms with Gasteiger partial charge in [0.15, 0.2) is 0 Å². The fourth-order valence-corrected chi connectivity index (χ4v) is 5.31. The molecule has 7 rings (SSSR count). The van der Waals surface area contributed by atoms with Crippen LogP contribution in [0.5, 0.6) is 0 Å². The first-order valence-corrected chi connectivity index (χ1v) is 6.13. The van der Waals surface area contributed by atoms with Crippen LogP contribution in [0.2, 0.25) is 0 Å². The SMILES string of the molecule is CC12CN[C@@H]3[C@H](C1)[C@H]1CC[C@]3(C)[C@@H]2N1. The molecule has 5 heterocycles. The largest absolute Gasteiger partial charge is 0.312 e. The molecule has 0 amide bonds. The third-order valence-corrected chi connectivity index (χ3v) is 5.81. The van der Waals surface area contributed by atoms with Crippen LogP contribution >= 0.6 is 0 Å². The molecule has 0 spiro atoms. The number of hydrogen-bond donors (Lipinski definition) is 2. The van der Waals surface area contributed by atoms with Gasteiger partial charge >= 0.3 is 0 Å². The van der Waals surface area contributed by atoms with Gasteiger partial charge in [0.25, 0.3) is 0 Å². The van der Waals surface area contributed by atoms with Crippen molar-refractivity contribution in [2.45, 2.75) is 51.2 Å². The highest BCUT2D eigenvalue weighted by atomic mass is 15.2. The van der Waals surface area contributed by atoms with Crippen LogP contribution in [0.15, 0.2) is 0 Å².